The molecule has 9 nitrogen and oxygen atoms in total. The number of hydrogen-bond donors (Lipinski definition) is 1. The minimum Gasteiger partial charge on any atom is -0.480 e. The van der Waals surface area contributed by atoms with Gasteiger partial charge in [-0.25, -0.2) is 4.98 Å². The molecule has 3 aromatic rings. The summed E-state index contributed by atoms with van der Waals surface area (Å²) in [6.45, 7) is 8.79. The third-order valence-corrected chi connectivity index (χ3v) is 5.27. The zero-order valence-corrected chi connectivity index (χ0v) is 18.9. The highest BCUT2D eigenvalue weighted by Crippen LogP contribution is 2.32. The Morgan fingerprint density at radius 2 is 1.65 bits per heavy atom. The second-order valence-electron chi connectivity index (χ2n) is 9.33. The predicted octanol–water partition coefficient (Wildman–Crippen LogP) is 3.03. The van der Waals surface area contributed by atoms with Crippen LogP contribution in [0.3, 0.4) is 0 Å². The van der Waals surface area contributed by atoms with Crippen molar-refractivity contribution >= 4 is 0 Å². The van der Waals surface area contributed by atoms with Crippen LogP contribution in [-0.4, -0.2) is 54.5 Å². The quantitative estimate of drug-likeness (QED) is 0.668. The van der Waals surface area contributed by atoms with Gasteiger partial charge in [0.25, 0.3) is 0 Å². The fourth-order valence-corrected chi connectivity index (χ4v) is 4.41. The Labute approximate surface area is 182 Å². The summed E-state index contributed by atoms with van der Waals surface area (Å²) in [5.74, 6) is 0.977. The first kappa shape index (κ1) is 21.2. The number of hydrogen-bond acceptors (Lipinski definition) is 8. The first-order valence-corrected chi connectivity index (χ1v) is 10.4. The molecule has 0 radical (unpaired) electrons. The molecule has 0 saturated carbocycles. The number of piperidine rings is 1. The third-order valence-electron chi connectivity index (χ3n) is 5.27. The van der Waals surface area contributed by atoms with E-state index >= 15 is 0 Å². The molecule has 0 atom stereocenters. The van der Waals surface area contributed by atoms with Crippen molar-refractivity contribution in [1.82, 2.24) is 35.5 Å². The lowest BCUT2D eigenvalue weighted by molar-refractivity contribution is 0.0524. The van der Waals surface area contributed by atoms with E-state index in [0.29, 0.717) is 28.8 Å². The number of methoxy groups -OCH3 is 1. The topological polar surface area (TPSA) is 99.9 Å². The molecule has 1 saturated heterocycles. The van der Waals surface area contributed by atoms with E-state index in [2.05, 4.69) is 58.5 Å². The van der Waals surface area contributed by atoms with Crippen molar-refractivity contribution in [3.8, 4) is 34.4 Å². The van der Waals surface area contributed by atoms with Crippen LogP contribution in [0.4, 0.5) is 0 Å². The Hall–Kier alpha value is -3.07. The molecular weight excluding hydrogens is 394 g/mol. The van der Waals surface area contributed by atoms with E-state index < -0.39 is 0 Å². The van der Waals surface area contributed by atoms with Crippen LogP contribution >= 0.6 is 0 Å². The summed E-state index contributed by atoms with van der Waals surface area (Å²) in [6, 6.07) is 7.48. The molecule has 1 aliphatic heterocycles. The van der Waals surface area contributed by atoms with E-state index in [1.54, 1.807) is 11.8 Å². The number of aromatic nitrogens is 6. The summed E-state index contributed by atoms with van der Waals surface area (Å²) in [5.41, 5.74) is 2.77. The number of rotatable bonds is 5. The molecule has 0 amide bonds. The third kappa shape index (κ3) is 4.82. The number of aryl methyl sites for hydroxylation is 1. The van der Waals surface area contributed by atoms with Crippen molar-refractivity contribution in [3.63, 3.8) is 0 Å². The van der Waals surface area contributed by atoms with Crippen LogP contribution < -0.4 is 14.8 Å². The summed E-state index contributed by atoms with van der Waals surface area (Å²) in [5, 5.41) is 20.4. The first-order chi connectivity index (χ1) is 14.6. The maximum absolute atomic E-state index is 6.17. The van der Waals surface area contributed by atoms with E-state index in [0.717, 1.165) is 18.4 Å². The van der Waals surface area contributed by atoms with Gasteiger partial charge in [-0.1, -0.05) is 5.21 Å². The molecule has 9 heteroatoms. The molecular formula is C22H29N7O2. The second kappa shape index (κ2) is 7.88. The molecule has 1 N–H and O–H groups in total. The van der Waals surface area contributed by atoms with E-state index in [9.17, 15) is 0 Å². The average molecular weight is 424 g/mol. The molecule has 4 rings (SSSR count). The molecule has 0 spiro atoms. The minimum atomic E-state index is 0.00510. The summed E-state index contributed by atoms with van der Waals surface area (Å²) >= 11 is 0. The van der Waals surface area contributed by atoms with Gasteiger partial charge in [-0.3, -0.25) is 4.68 Å². The van der Waals surface area contributed by atoms with Gasteiger partial charge in [0, 0.05) is 37.0 Å². The highest BCUT2D eigenvalue weighted by Gasteiger charge is 2.38. The van der Waals surface area contributed by atoms with Crippen molar-refractivity contribution in [2.24, 2.45) is 7.05 Å². The van der Waals surface area contributed by atoms with Gasteiger partial charge in [0.05, 0.1) is 24.6 Å². The molecule has 0 aliphatic carbocycles. The highest BCUT2D eigenvalue weighted by atomic mass is 16.5. The van der Waals surface area contributed by atoms with Crippen LogP contribution in [0.15, 0.2) is 30.5 Å². The zero-order chi connectivity index (χ0) is 22.2. The van der Waals surface area contributed by atoms with Crippen LogP contribution in [0.1, 0.15) is 40.5 Å². The van der Waals surface area contributed by atoms with Gasteiger partial charge in [-0.05, 0) is 45.9 Å². The lowest BCUT2D eigenvalue weighted by atomic mass is 9.81. The van der Waals surface area contributed by atoms with Gasteiger partial charge in [0.1, 0.15) is 17.5 Å². The maximum Gasteiger partial charge on any atom is 0.233 e. The number of pyridine rings is 1. The zero-order valence-electron chi connectivity index (χ0n) is 18.9. The minimum absolute atomic E-state index is 0.00510. The predicted molar refractivity (Wildman–Crippen MR) is 117 cm³/mol. The summed E-state index contributed by atoms with van der Waals surface area (Å²) in [6.07, 6.45) is 3.70. The Morgan fingerprint density at radius 3 is 2.23 bits per heavy atom. The molecule has 1 fully saturated rings. The van der Waals surface area contributed by atoms with Crippen molar-refractivity contribution in [1.29, 1.82) is 0 Å². The molecule has 4 heterocycles. The Balaban J connectivity index is 1.52. The SMILES string of the molecule is COc1nc(-c2ccc(OC3CC(C)(C)NC(C)(C)C3)nn2)ccc1-c1cn(C)nn1. The monoisotopic (exact) mass is 423 g/mol. The van der Waals surface area contributed by atoms with Gasteiger partial charge in [-0.2, -0.15) is 0 Å². The Kier molecular flexibility index (Phi) is 5.38. The van der Waals surface area contributed by atoms with Crippen LogP contribution in [0.5, 0.6) is 11.8 Å². The van der Waals surface area contributed by atoms with Gasteiger partial charge < -0.3 is 14.8 Å². The van der Waals surface area contributed by atoms with Crippen molar-refractivity contribution < 1.29 is 9.47 Å². The van der Waals surface area contributed by atoms with Gasteiger partial charge >= 0.3 is 0 Å². The van der Waals surface area contributed by atoms with Gasteiger partial charge in [-0.15, -0.1) is 15.3 Å². The smallest absolute Gasteiger partial charge is 0.233 e. The Morgan fingerprint density at radius 1 is 0.935 bits per heavy atom. The lowest BCUT2D eigenvalue weighted by Gasteiger charge is -2.46. The van der Waals surface area contributed by atoms with Crippen molar-refractivity contribution in [2.45, 2.75) is 57.7 Å². The van der Waals surface area contributed by atoms with E-state index in [-0.39, 0.29) is 17.2 Å². The van der Waals surface area contributed by atoms with Crippen LogP contribution in [0.25, 0.3) is 22.6 Å². The normalized spacial score (nSPS) is 18.0. The Bertz CT molecular complexity index is 1040. The molecule has 164 valence electrons. The lowest BCUT2D eigenvalue weighted by Crippen LogP contribution is -2.60. The number of nitrogens with one attached hydrogen (secondary N) is 1. The largest absolute Gasteiger partial charge is 0.480 e. The maximum atomic E-state index is 6.17. The number of ether oxygens (including phenoxy) is 2. The van der Waals surface area contributed by atoms with Crippen LogP contribution in [0, 0.1) is 0 Å². The van der Waals surface area contributed by atoms with Gasteiger partial charge in [0.15, 0.2) is 0 Å². The first-order valence-electron chi connectivity index (χ1n) is 10.4. The fourth-order valence-electron chi connectivity index (χ4n) is 4.41. The molecule has 31 heavy (non-hydrogen) atoms. The van der Waals surface area contributed by atoms with Crippen LogP contribution in [0.2, 0.25) is 0 Å². The fraction of sp³-hybridized carbons (Fsp3) is 0.500. The van der Waals surface area contributed by atoms with E-state index in [1.807, 2.05) is 37.5 Å². The summed E-state index contributed by atoms with van der Waals surface area (Å²) < 4.78 is 13.3. The van der Waals surface area contributed by atoms with Crippen LogP contribution in [-0.2, 0) is 7.05 Å². The summed E-state index contributed by atoms with van der Waals surface area (Å²) in [7, 11) is 3.40. The second-order valence-corrected chi connectivity index (χ2v) is 9.33. The highest BCUT2D eigenvalue weighted by molar-refractivity contribution is 5.68. The molecule has 1 aliphatic rings. The molecule has 0 unspecified atom stereocenters. The van der Waals surface area contributed by atoms with E-state index in [1.165, 1.54) is 0 Å². The molecule has 0 aromatic carbocycles. The molecule has 3 aromatic heterocycles. The number of nitrogens with zero attached hydrogens (tertiary/aromatic N) is 6. The van der Waals surface area contributed by atoms with Gasteiger partial charge in [0.2, 0.25) is 11.8 Å². The molecule has 0 bridgehead atoms. The average Bonchev–Trinajstić information content (AvgIpc) is 3.12. The standard InChI is InChI=1S/C22H29N7O2/c1-21(2)11-14(12-22(3,4)27-21)31-19-10-9-17(24-26-19)16-8-7-15(20(23-16)30-6)18-13-29(5)28-25-18/h7-10,13-14,27H,11-12H2,1-6H3. The van der Waals surface area contributed by atoms with Crippen molar-refractivity contribution in [3.05, 3.63) is 30.5 Å². The van der Waals surface area contributed by atoms with Crippen molar-refractivity contribution in [2.75, 3.05) is 7.11 Å². The summed E-state index contributed by atoms with van der Waals surface area (Å²) in [4.78, 5) is 4.58. The van der Waals surface area contributed by atoms with E-state index in [4.69, 9.17) is 9.47 Å².